The second-order valence-corrected chi connectivity index (χ2v) is 7.93. The average Bonchev–Trinajstić information content (AvgIpc) is 2.98. The zero-order valence-corrected chi connectivity index (χ0v) is 13.7. The predicted octanol–water partition coefficient (Wildman–Crippen LogP) is 0.812. The van der Waals surface area contributed by atoms with Crippen LogP contribution in [0.2, 0.25) is 0 Å². The minimum absolute atomic E-state index is 0.0346. The van der Waals surface area contributed by atoms with Gasteiger partial charge in [-0.3, -0.25) is 4.79 Å². The van der Waals surface area contributed by atoms with Gasteiger partial charge in [0.05, 0.1) is 12.6 Å². The number of hydrogen-bond donors (Lipinski definition) is 2. The molecular weight excluding hydrogens is 324 g/mol. The van der Waals surface area contributed by atoms with E-state index >= 15 is 0 Å². The van der Waals surface area contributed by atoms with Crippen molar-refractivity contribution < 1.29 is 13.5 Å². The molecule has 0 bridgehead atoms. The quantitative estimate of drug-likeness (QED) is 0.779. The number of aliphatic hydroxyl groups excluding tert-OH is 1. The van der Waals surface area contributed by atoms with Crippen LogP contribution in [0.25, 0.3) is 0 Å². The summed E-state index contributed by atoms with van der Waals surface area (Å²) in [5.41, 5.74) is -0.241. The molecule has 2 rings (SSSR count). The van der Waals surface area contributed by atoms with Gasteiger partial charge in [0.1, 0.15) is 4.21 Å². The lowest BCUT2D eigenvalue weighted by Gasteiger charge is -2.13. The Hall–Kier alpha value is -1.48. The van der Waals surface area contributed by atoms with Crippen molar-refractivity contribution >= 4 is 21.4 Å². The van der Waals surface area contributed by atoms with Gasteiger partial charge in [-0.15, -0.1) is 11.3 Å². The molecule has 0 aromatic carbocycles. The molecule has 2 N–H and O–H groups in total. The number of nitrogens with zero attached hydrogens (tertiary/aromatic N) is 1. The van der Waals surface area contributed by atoms with E-state index in [1.54, 1.807) is 30.5 Å². The second-order valence-electron chi connectivity index (χ2n) is 4.77. The smallest absolute Gasteiger partial charge is 0.250 e. The van der Waals surface area contributed by atoms with Gasteiger partial charge in [0, 0.05) is 23.7 Å². The highest BCUT2D eigenvalue weighted by molar-refractivity contribution is 7.91. The topological polar surface area (TPSA) is 88.4 Å². The fourth-order valence-corrected chi connectivity index (χ4v) is 4.29. The van der Waals surface area contributed by atoms with Crippen LogP contribution in [0.5, 0.6) is 0 Å². The standard InChI is InChI=1S/C14H18N2O4S2/c1-2-12-6-7-14(21-12)22(19,20)15-9-11(17)10-16-8-4-3-5-13(16)18/h3-8,11,15,17H,2,9-10H2,1H3. The van der Waals surface area contributed by atoms with Gasteiger partial charge in [0.25, 0.3) is 5.56 Å². The SMILES string of the molecule is CCc1ccc(S(=O)(=O)NCC(O)Cn2ccccc2=O)s1. The van der Waals surface area contributed by atoms with Crippen LogP contribution in [0.15, 0.2) is 45.5 Å². The van der Waals surface area contributed by atoms with Crippen LogP contribution in [-0.2, 0) is 23.0 Å². The minimum atomic E-state index is -3.63. The number of sulfonamides is 1. The molecule has 2 aromatic rings. The molecule has 1 atom stereocenters. The van der Waals surface area contributed by atoms with Crippen LogP contribution in [0.4, 0.5) is 0 Å². The third kappa shape index (κ3) is 4.26. The van der Waals surface area contributed by atoms with Crippen molar-refractivity contribution in [3.8, 4) is 0 Å². The summed E-state index contributed by atoms with van der Waals surface area (Å²) in [6.45, 7) is 1.84. The molecule has 0 saturated carbocycles. The Morgan fingerprint density at radius 2 is 2.09 bits per heavy atom. The van der Waals surface area contributed by atoms with Crippen LogP contribution in [0.1, 0.15) is 11.8 Å². The molecule has 2 heterocycles. The van der Waals surface area contributed by atoms with Crippen LogP contribution in [0, 0.1) is 0 Å². The fraction of sp³-hybridized carbons (Fsp3) is 0.357. The van der Waals surface area contributed by atoms with Gasteiger partial charge in [0.2, 0.25) is 10.0 Å². The summed E-state index contributed by atoms with van der Waals surface area (Å²) < 4.78 is 28.1. The zero-order chi connectivity index (χ0) is 16.2. The number of aliphatic hydroxyl groups is 1. The number of rotatable bonds is 7. The van der Waals surface area contributed by atoms with Crippen LogP contribution in [0.3, 0.4) is 0 Å². The lowest BCUT2D eigenvalue weighted by molar-refractivity contribution is 0.156. The van der Waals surface area contributed by atoms with Gasteiger partial charge in [-0.25, -0.2) is 13.1 Å². The second kappa shape index (κ2) is 7.19. The minimum Gasteiger partial charge on any atom is -0.390 e. The van der Waals surface area contributed by atoms with E-state index in [1.807, 2.05) is 6.92 Å². The summed E-state index contributed by atoms with van der Waals surface area (Å²) in [6, 6.07) is 8.00. The Morgan fingerprint density at radius 1 is 1.32 bits per heavy atom. The molecule has 0 aliphatic carbocycles. The Labute approximate surface area is 133 Å². The van der Waals surface area contributed by atoms with Crippen LogP contribution < -0.4 is 10.3 Å². The molecule has 0 fully saturated rings. The molecule has 8 heteroatoms. The van der Waals surface area contributed by atoms with Crippen LogP contribution in [-0.4, -0.2) is 30.7 Å². The molecule has 1 unspecified atom stereocenters. The highest BCUT2D eigenvalue weighted by Gasteiger charge is 2.18. The van der Waals surface area contributed by atoms with Crippen molar-refractivity contribution in [2.75, 3.05) is 6.54 Å². The molecule has 0 amide bonds. The molecule has 0 radical (unpaired) electrons. The Kier molecular flexibility index (Phi) is 5.52. The van der Waals surface area contributed by atoms with Gasteiger partial charge < -0.3 is 9.67 Å². The molecular formula is C14H18N2O4S2. The predicted molar refractivity (Wildman–Crippen MR) is 85.6 cm³/mol. The van der Waals surface area contributed by atoms with E-state index < -0.39 is 16.1 Å². The fourth-order valence-electron chi connectivity index (χ4n) is 1.87. The van der Waals surface area contributed by atoms with E-state index in [1.165, 1.54) is 22.0 Å². The van der Waals surface area contributed by atoms with Crippen molar-refractivity contribution in [3.05, 3.63) is 51.8 Å². The number of hydrogen-bond acceptors (Lipinski definition) is 5. The maximum atomic E-state index is 12.1. The van der Waals surface area contributed by atoms with Crippen molar-refractivity contribution in [1.82, 2.24) is 9.29 Å². The molecule has 6 nitrogen and oxygen atoms in total. The van der Waals surface area contributed by atoms with Gasteiger partial charge in [-0.2, -0.15) is 0 Å². The van der Waals surface area contributed by atoms with E-state index in [2.05, 4.69) is 4.72 Å². The summed E-state index contributed by atoms with van der Waals surface area (Å²) in [6.07, 6.45) is 1.34. The number of nitrogens with one attached hydrogen (secondary N) is 1. The number of thiophene rings is 1. The molecule has 2 aromatic heterocycles. The summed E-state index contributed by atoms with van der Waals surface area (Å²) >= 11 is 1.21. The molecule has 0 saturated heterocycles. The molecule has 22 heavy (non-hydrogen) atoms. The largest absolute Gasteiger partial charge is 0.390 e. The average molecular weight is 342 g/mol. The highest BCUT2D eigenvalue weighted by atomic mass is 32.2. The van der Waals surface area contributed by atoms with Crippen molar-refractivity contribution in [1.29, 1.82) is 0 Å². The normalized spacial score (nSPS) is 13.2. The van der Waals surface area contributed by atoms with Gasteiger partial charge in [-0.1, -0.05) is 13.0 Å². The third-order valence-corrected chi connectivity index (χ3v) is 6.21. The first kappa shape index (κ1) is 16.9. The summed E-state index contributed by atoms with van der Waals surface area (Å²) in [4.78, 5) is 12.5. The maximum Gasteiger partial charge on any atom is 0.250 e. The zero-order valence-electron chi connectivity index (χ0n) is 12.1. The molecule has 0 aliphatic heterocycles. The van der Waals surface area contributed by atoms with E-state index in [-0.39, 0.29) is 22.9 Å². The Balaban J connectivity index is 1.97. The number of pyridine rings is 1. The molecule has 0 spiro atoms. The van der Waals surface area contributed by atoms with E-state index in [0.29, 0.717) is 0 Å². The van der Waals surface area contributed by atoms with Gasteiger partial charge in [0.15, 0.2) is 0 Å². The van der Waals surface area contributed by atoms with Crippen LogP contribution >= 0.6 is 11.3 Å². The van der Waals surface area contributed by atoms with Gasteiger partial charge in [-0.05, 0) is 24.6 Å². The monoisotopic (exact) mass is 342 g/mol. The number of aromatic nitrogens is 1. The summed E-state index contributed by atoms with van der Waals surface area (Å²) in [5.74, 6) is 0. The van der Waals surface area contributed by atoms with E-state index in [9.17, 15) is 18.3 Å². The first-order valence-corrected chi connectivity index (χ1v) is 9.14. The molecule has 120 valence electrons. The Morgan fingerprint density at radius 3 is 2.73 bits per heavy atom. The third-order valence-electron chi connectivity index (χ3n) is 3.07. The highest BCUT2D eigenvalue weighted by Crippen LogP contribution is 2.21. The van der Waals surface area contributed by atoms with Crippen molar-refractivity contribution in [2.45, 2.75) is 30.2 Å². The lowest BCUT2D eigenvalue weighted by Crippen LogP contribution is -2.36. The van der Waals surface area contributed by atoms with E-state index in [0.717, 1.165) is 11.3 Å². The first-order chi connectivity index (χ1) is 10.4. The molecule has 0 aliphatic rings. The summed E-state index contributed by atoms with van der Waals surface area (Å²) in [5, 5.41) is 9.91. The summed E-state index contributed by atoms with van der Waals surface area (Å²) in [7, 11) is -3.63. The Bertz CT molecular complexity index is 780. The first-order valence-electron chi connectivity index (χ1n) is 6.84. The number of aryl methyl sites for hydroxylation is 1. The maximum absolute atomic E-state index is 12.1. The van der Waals surface area contributed by atoms with Crippen molar-refractivity contribution in [3.63, 3.8) is 0 Å². The van der Waals surface area contributed by atoms with Crippen molar-refractivity contribution in [2.24, 2.45) is 0 Å². The van der Waals surface area contributed by atoms with E-state index in [4.69, 9.17) is 0 Å². The lowest BCUT2D eigenvalue weighted by atomic mass is 10.3. The van der Waals surface area contributed by atoms with Gasteiger partial charge >= 0.3 is 0 Å².